The number of hydrogen-bond acceptors (Lipinski definition) is 5. The molecule has 1 fully saturated rings. The number of nitrogens with zero attached hydrogens (tertiary/aromatic N) is 1. The number of alkyl halides is 1. The number of carbonyl (C=O) groups is 1. The number of unbranched alkanes of at least 4 members (excludes halogenated alkanes) is 5. The Hall–Kier alpha value is -0.830. The van der Waals surface area contributed by atoms with Gasteiger partial charge in [-0.3, -0.25) is 4.79 Å². The maximum Gasteiger partial charge on any atom is 0.231 e. The third-order valence-electron chi connectivity index (χ3n) is 6.01. The van der Waals surface area contributed by atoms with E-state index in [4.69, 9.17) is 9.47 Å². The highest BCUT2D eigenvalue weighted by atomic mass is 79.9. The smallest absolute Gasteiger partial charge is 0.231 e. The Morgan fingerprint density at radius 3 is 2.73 bits per heavy atom. The van der Waals surface area contributed by atoms with Crippen LogP contribution >= 0.6 is 27.7 Å². The molecule has 4 rings (SSSR count). The second-order valence-corrected chi connectivity index (χ2v) is 12.4. The summed E-state index contributed by atoms with van der Waals surface area (Å²) in [6.07, 6.45) is 11.0. The fourth-order valence-corrected chi connectivity index (χ4v) is 6.98. The van der Waals surface area contributed by atoms with E-state index >= 15 is 0 Å². The maximum atomic E-state index is 12.3. The summed E-state index contributed by atoms with van der Waals surface area (Å²) >= 11 is 4.50. The monoisotopic (exact) mass is 557 g/mol. The summed E-state index contributed by atoms with van der Waals surface area (Å²) < 4.78 is 23.0. The Bertz CT molecular complexity index is 807. The fraction of sp³-hybridized carbons (Fsp3) is 0.640. The van der Waals surface area contributed by atoms with Crippen LogP contribution in [0.5, 0.6) is 11.5 Å². The van der Waals surface area contributed by atoms with E-state index in [1.54, 1.807) is 0 Å². The van der Waals surface area contributed by atoms with E-state index in [9.17, 15) is 9.35 Å². The van der Waals surface area contributed by atoms with Crippen molar-refractivity contribution in [1.29, 1.82) is 0 Å². The van der Waals surface area contributed by atoms with Crippen LogP contribution < -0.4 is 9.47 Å². The lowest BCUT2D eigenvalue weighted by molar-refractivity contribution is -0.137. The molecule has 33 heavy (non-hydrogen) atoms. The number of ether oxygens (including phenoxy) is 2. The zero-order chi connectivity index (χ0) is 23.6. The summed E-state index contributed by atoms with van der Waals surface area (Å²) in [5.74, 6) is 3.79. The Kier molecular flexibility index (Phi) is 11.3. The van der Waals surface area contributed by atoms with Crippen molar-refractivity contribution in [2.75, 3.05) is 23.6 Å². The number of amides is 1. The van der Waals surface area contributed by atoms with E-state index in [-0.39, 0.29) is 11.2 Å². The van der Waals surface area contributed by atoms with Crippen LogP contribution in [-0.4, -0.2) is 49.6 Å². The van der Waals surface area contributed by atoms with Gasteiger partial charge in [-0.1, -0.05) is 65.8 Å². The van der Waals surface area contributed by atoms with E-state index in [0.717, 1.165) is 47.6 Å². The Balaban J connectivity index is 0.000000231. The summed E-state index contributed by atoms with van der Waals surface area (Å²) in [5, 5.41) is 1.53. The van der Waals surface area contributed by atoms with Crippen molar-refractivity contribution in [2.24, 2.45) is 0 Å². The van der Waals surface area contributed by atoms with Crippen LogP contribution in [0.15, 0.2) is 30.0 Å². The number of carbonyl (C=O) groups excluding carboxylic acids is 1. The van der Waals surface area contributed by atoms with Crippen LogP contribution in [0.4, 0.5) is 0 Å². The molecule has 184 valence electrons. The lowest BCUT2D eigenvalue weighted by Gasteiger charge is -2.40. The molecule has 1 saturated heterocycles. The van der Waals surface area contributed by atoms with Crippen LogP contribution in [0, 0.1) is 0 Å². The van der Waals surface area contributed by atoms with Gasteiger partial charge >= 0.3 is 0 Å². The zero-order valence-corrected chi connectivity index (χ0v) is 22.9. The van der Waals surface area contributed by atoms with E-state index in [1.165, 1.54) is 43.2 Å². The Labute approximate surface area is 214 Å². The predicted molar refractivity (Wildman–Crippen MR) is 142 cm³/mol. The lowest BCUT2D eigenvalue weighted by Crippen LogP contribution is -2.49. The average Bonchev–Trinajstić information content (AvgIpc) is 3.29. The molecule has 3 aliphatic rings. The van der Waals surface area contributed by atoms with Gasteiger partial charge in [-0.25, -0.2) is 0 Å². The summed E-state index contributed by atoms with van der Waals surface area (Å²) in [7, 11) is 0. The minimum absolute atomic E-state index is 0.191. The van der Waals surface area contributed by atoms with Gasteiger partial charge in [-0.05, 0) is 43.0 Å². The lowest BCUT2D eigenvalue weighted by atomic mass is 10.1. The number of halogens is 1. The van der Waals surface area contributed by atoms with Crippen molar-refractivity contribution in [1.82, 2.24) is 4.90 Å². The van der Waals surface area contributed by atoms with Crippen LogP contribution in [0.3, 0.4) is 0 Å². The normalized spacial score (nSPS) is 20.2. The van der Waals surface area contributed by atoms with Crippen LogP contribution in [-0.2, 0) is 22.4 Å². The highest BCUT2D eigenvalue weighted by Crippen LogP contribution is 2.36. The molecule has 8 heteroatoms. The van der Waals surface area contributed by atoms with Crippen molar-refractivity contribution in [2.45, 2.75) is 75.8 Å². The number of fused-ring (bicyclic) bond motifs is 2. The van der Waals surface area contributed by atoms with Crippen molar-refractivity contribution in [3.8, 4) is 11.5 Å². The predicted octanol–water partition coefficient (Wildman–Crippen LogP) is 6.03. The molecule has 3 heterocycles. The van der Waals surface area contributed by atoms with Gasteiger partial charge in [0.2, 0.25) is 12.7 Å². The quantitative estimate of drug-likeness (QED) is 0.144. The molecule has 0 radical (unpaired) electrons. The molecule has 0 bridgehead atoms. The molecule has 3 atom stereocenters. The Morgan fingerprint density at radius 1 is 1.21 bits per heavy atom. The first kappa shape index (κ1) is 26.8. The molecule has 5 nitrogen and oxygen atoms in total. The van der Waals surface area contributed by atoms with Crippen LogP contribution in [0.25, 0.3) is 0 Å². The highest BCUT2D eigenvalue weighted by molar-refractivity contribution is 9.09. The number of benzene rings is 1. The number of rotatable bonds is 11. The highest BCUT2D eigenvalue weighted by Gasteiger charge is 2.37. The second kappa shape index (κ2) is 13.9. The van der Waals surface area contributed by atoms with E-state index in [0.29, 0.717) is 12.2 Å². The van der Waals surface area contributed by atoms with Gasteiger partial charge < -0.3 is 18.9 Å². The van der Waals surface area contributed by atoms with Crippen molar-refractivity contribution in [3.63, 3.8) is 0 Å². The van der Waals surface area contributed by atoms with Gasteiger partial charge in [0, 0.05) is 23.7 Å². The largest absolute Gasteiger partial charge is 0.616 e. The number of thioether (sulfide) groups is 1. The first-order chi connectivity index (χ1) is 16.0. The second-order valence-electron chi connectivity index (χ2n) is 8.75. The molecule has 3 aliphatic heterocycles. The van der Waals surface area contributed by atoms with Gasteiger partial charge in [-0.2, -0.15) is 0 Å². The van der Waals surface area contributed by atoms with Gasteiger partial charge in [-0.15, -0.1) is 11.8 Å². The van der Waals surface area contributed by atoms with E-state index in [1.807, 2.05) is 41.1 Å². The van der Waals surface area contributed by atoms with E-state index in [2.05, 4.69) is 29.8 Å². The summed E-state index contributed by atoms with van der Waals surface area (Å²) in [4.78, 5) is 12.8. The molecule has 0 saturated carbocycles. The molecule has 2 unspecified atom stereocenters. The van der Waals surface area contributed by atoms with Crippen molar-refractivity contribution in [3.05, 3.63) is 35.5 Å². The van der Waals surface area contributed by atoms with Crippen molar-refractivity contribution < 1.29 is 18.8 Å². The van der Waals surface area contributed by atoms with E-state index < -0.39 is 11.2 Å². The average molecular weight is 559 g/mol. The minimum atomic E-state index is -0.743. The molecule has 0 N–H and O–H groups in total. The summed E-state index contributed by atoms with van der Waals surface area (Å²) in [6.45, 7) is 4.61. The molecule has 1 aromatic rings. The van der Waals surface area contributed by atoms with Gasteiger partial charge in [0.15, 0.2) is 11.5 Å². The topological polar surface area (TPSA) is 61.8 Å². The number of hydrogen-bond donors (Lipinski definition) is 0. The third kappa shape index (κ3) is 8.11. The molecular weight excluding hydrogens is 522 g/mol. The molecule has 1 amide bonds. The molecule has 1 aromatic carbocycles. The van der Waals surface area contributed by atoms with Crippen molar-refractivity contribution >= 4 is 44.8 Å². The molecule has 0 aromatic heterocycles. The molecule has 0 spiro atoms. The SMILES string of the molecule is CCCCCCCC[S+]([O-])C(C)Cc1ccc2c(c1)OCO2.O=C1C[C@H]2SCC(CBr)=CN12. The number of β-lactam (4-membered cyclic amide) rings is 1. The van der Waals surface area contributed by atoms with Gasteiger partial charge in [0.05, 0.1) is 11.8 Å². The fourth-order valence-electron chi connectivity index (χ4n) is 3.92. The minimum Gasteiger partial charge on any atom is -0.616 e. The van der Waals surface area contributed by atoms with Crippen LogP contribution in [0.2, 0.25) is 0 Å². The van der Waals surface area contributed by atoms with Gasteiger partial charge in [0.25, 0.3) is 0 Å². The summed E-state index contributed by atoms with van der Waals surface area (Å²) in [6, 6.07) is 6.01. The summed E-state index contributed by atoms with van der Waals surface area (Å²) in [5.41, 5.74) is 2.48. The maximum absolute atomic E-state index is 12.3. The third-order valence-corrected chi connectivity index (χ3v) is 9.80. The van der Waals surface area contributed by atoms with Crippen LogP contribution in [0.1, 0.15) is 64.4 Å². The first-order valence-electron chi connectivity index (χ1n) is 12.0. The molecular formula is C25H36BrNO4S2. The Morgan fingerprint density at radius 2 is 1.97 bits per heavy atom. The standard InChI is InChI=1S/C18H28O3S.C7H8BrNOS/c1-3-4-5-6-7-8-11-22(19)15(2)12-16-9-10-17-18(13-16)21-14-20-17;8-2-5-3-9-6(10)1-7(9)11-4-5/h9-10,13,15H,3-8,11-12,14H2,1-2H3;3,7H,1-2,4H2/t;7-/m.1/s1. The zero-order valence-electron chi connectivity index (χ0n) is 19.7. The van der Waals surface area contributed by atoms with Gasteiger partial charge in [0.1, 0.15) is 11.0 Å². The first-order valence-corrected chi connectivity index (χ1v) is 15.5. The molecule has 0 aliphatic carbocycles.